The number of amides is 1. The van der Waals surface area contributed by atoms with E-state index in [2.05, 4.69) is 5.32 Å². The van der Waals surface area contributed by atoms with Crippen LogP contribution in [0.5, 0.6) is 0 Å². The largest absolute Gasteiger partial charge is 0.398 e. The Morgan fingerprint density at radius 1 is 1.42 bits per heavy atom. The third-order valence-corrected chi connectivity index (χ3v) is 3.79. The van der Waals surface area contributed by atoms with Crippen LogP contribution in [-0.4, -0.2) is 12.5 Å². The topological polar surface area (TPSA) is 81.1 Å². The Labute approximate surface area is 120 Å². The molecule has 1 heterocycles. The first-order valence-corrected chi connectivity index (χ1v) is 7.02. The molecule has 5 N–H and O–H groups in total. The lowest BCUT2D eigenvalue weighted by molar-refractivity contribution is 0.0938. The fourth-order valence-electron chi connectivity index (χ4n) is 1.68. The molecule has 0 fully saturated rings. The molecule has 0 bridgehead atoms. The highest BCUT2D eigenvalue weighted by molar-refractivity contribution is 7.08. The van der Waals surface area contributed by atoms with Crippen LogP contribution in [0.2, 0.25) is 5.02 Å². The highest BCUT2D eigenvalue weighted by atomic mass is 35.5. The Hall–Kier alpha value is -1.56. The number of rotatable bonds is 4. The molecule has 1 amide bonds. The summed E-state index contributed by atoms with van der Waals surface area (Å²) in [6.07, 6.45) is 0. The van der Waals surface area contributed by atoms with Crippen molar-refractivity contribution in [3.63, 3.8) is 0 Å². The number of nitrogen functional groups attached to an aromatic ring is 1. The fourth-order valence-corrected chi connectivity index (χ4v) is 2.51. The lowest BCUT2D eigenvalue weighted by Crippen LogP contribution is -2.33. The van der Waals surface area contributed by atoms with Gasteiger partial charge in [-0.15, -0.1) is 0 Å². The second-order valence-electron chi connectivity index (χ2n) is 4.05. The molecule has 0 aliphatic carbocycles. The molecule has 0 radical (unpaired) electrons. The Morgan fingerprint density at radius 2 is 2.21 bits per heavy atom. The predicted octanol–water partition coefficient (Wildman–Crippen LogP) is 2.41. The molecule has 6 heteroatoms. The van der Waals surface area contributed by atoms with Crippen molar-refractivity contribution >= 4 is 34.5 Å². The van der Waals surface area contributed by atoms with E-state index >= 15 is 0 Å². The van der Waals surface area contributed by atoms with Crippen molar-refractivity contribution in [3.8, 4) is 0 Å². The van der Waals surface area contributed by atoms with Crippen LogP contribution < -0.4 is 16.8 Å². The number of thiophene rings is 1. The normalized spacial score (nSPS) is 12.1. The highest BCUT2D eigenvalue weighted by Crippen LogP contribution is 2.20. The minimum atomic E-state index is -0.218. The van der Waals surface area contributed by atoms with Gasteiger partial charge in [-0.2, -0.15) is 11.3 Å². The Morgan fingerprint density at radius 3 is 2.79 bits per heavy atom. The van der Waals surface area contributed by atoms with E-state index in [0.717, 1.165) is 5.56 Å². The van der Waals surface area contributed by atoms with Gasteiger partial charge in [0, 0.05) is 12.1 Å². The molecule has 2 aromatic rings. The predicted molar refractivity (Wildman–Crippen MR) is 79.4 cm³/mol. The minimum Gasteiger partial charge on any atom is -0.398 e. The zero-order chi connectivity index (χ0) is 13.8. The Balaban J connectivity index is 2.13. The molecule has 100 valence electrons. The van der Waals surface area contributed by atoms with E-state index in [1.807, 2.05) is 16.8 Å². The van der Waals surface area contributed by atoms with Crippen molar-refractivity contribution in [2.75, 3.05) is 12.3 Å². The van der Waals surface area contributed by atoms with Crippen LogP contribution in [0.25, 0.3) is 0 Å². The van der Waals surface area contributed by atoms with Gasteiger partial charge in [-0.3, -0.25) is 4.79 Å². The third kappa shape index (κ3) is 3.26. The number of hydrogen-bond donors (Lipinski definition) is 3. The molecule has 1 atom stereocenters. The maximum absolute atomic E-state index is 12.1. The summed E-state index contributed by atoms with van der Waals surface area (Å²) in [4.78, 5) is 12.1. The van der Waals surface area contributed by atoms with Gasteiger partial charge in [0.2, 0.25) is 0 Å². The highest BCUT2D eigenvalue weighted by Gasteiger charge is 2.15. The molecule has 1 aromatic carbocycles. The molecule has 0 aliphatic heterocycles. The molecule has 19 heavy (non-hydrogen) atoms. The maximum atomic E-state index is 12.1. The summed E-state index contributed by atoms with van der Waals surface area (Å²) in [5.41, 5.74) is 13.2. The van der Waals surface area contributed by atoms with Gasteiger partial charge in [-0.05, 0) is 40.6 Å². The molecular weight excluding hydrogens is 282 g/mol. The molecular formula is C13H14ClN3OS. The number of nitrogens with two attached hydrogens (primary N) is 2. The second-order valence-corrected chi connectivity index (χ2v) is 5.24. The van der Waals surface area contributed by atoms with E-state index in [4.69, 9.17) is 23.1 Å². The van der Waals surface area contributed by atoms with Crippen molar-refractivity contribution in [2.45, 2.75) is 6.04 Å². The van der Waals surface area contributed by atoms with E-state index in [-0.39, 0.29) is 11.9 Å². The van der Waals surface area contributed by atoms with Gasteiger partial charge in [-0.1, -0.05) is 11.6 Å². The number of benzene rings is 1. The number of carbonyl (C=O) groups excluding carboxylic acids is 1. The minimum absolute atomic E-state index is 0.198. The first-order chi connectivity index (χ1) is 9.11. The molecule has 0 saturated carbocycles. The summed E-state index contributed by atoms with van der Waals surface area (Å²) in [7, 11) is 0. The molecule has 1 aromatic heterocycles. The standard InChI is InChI=1S/C13H14ClN3OS/c14-10-2-1-8(5-11(10)16)13(18)17-12(6-15)9-3-4-19-7-9/h1-5,7,12H,6,15-16H2,(H,17,18). The molecule has 2 rings (SSSR count). The Bertz CT molecular complexity index is 571. The lowest BCUT2D eigenvalue weighted by Gasteiger charge is -2.16. The van der Waals surface area contributed by atoms with E-state index < -0.39 is 0 Å². The van der Waals surface area contributed by atoms with Gasteiger partial charge in [0.05, 0.1) is 16.8 Å². The van der Waals surface area contributed by atoms with Crippen LogP contribution in [0.1, 0.15) is 22.0 Å². The SMILES string of the molecule is NCC(NC(=O)c1ccc(Cl)c(N)c1)c1ccsc1. The Kier molecular flexibility index (Phi) is 4.42. The summed E-state index contributed by atoms with van der Waals surface area (Å²) in [5.74, 6) is -0.218. The number of hydrogen-bond acceptors (Lipinski definition) is 4. The third-order valence-electron chi connectivity index (χ3n) is 2.74. The average Bonchev–Trinajstić information content (AvgIpc) is 2.92. The lowest BCUT2D eigenvalue weighted by atomic mass is 10.1. The van der Waals surface area contributed by atoms with Crippen molar-refractivity contribution in [1.82, 2.24) is 5.32 Å². The molecule has 4 nitrogen and oxygen atoms in total. The van der Waals surface area contributed by atoms with Crippen LogP contribution >= 0.6 is 22.9 Å². The zero-order valence-electron chi connectivity index (χ0n) is 10.1. The first kappa shape index (κ1) is 13.9. The van der Waals surface area contributed by atoms with Gasteiger partial charge >= 0.3 is 0 Å². The smallest absolute Gasteiger partial charge is 0.251 e. The van der Waals surface area contributed by atoms with Gasteiger partial charge in [0.25, 0.3) is 5.91 Å². The van der Waals surface area contributed by atoms with E-state index in [9.17, 15) is 4.79 Å². The quantitative estimate of drug-likeness (QED) is 0.758. The van der Waals surface area contributed by atoms with Gasteiger partial charge in [0.1, 0.15) is 0 Å². The van der Waals surface area contributed by atoms with E-state index in [0.29, 0.717) is 22.8 Å². The summed E-state index contributed by atoms with van der Waals surface area (Å²) in [5, 5.41) is 7.23. The summed E-state index contributed by atoms with van der Waals surface area (Å²) < 4.78 is 0. The van der Waals surface area contributed by atoms with Gasteiger partial charge in [0.15, 0.2) is 0 Å². The monoisotopic (exact) mass is 295 g/mol. The van der Waals surface area contributed by atoms with Crippen LogP contribution in [0.3, 0.4) is 0 Å². The summed E-state index contributed by atoms with van der Waals surface area (Å²) in [6, 6.07) is 6.54. The maximum Gasteiger partial charge on any atom is 0.251 e. The molecule has 0 saturated heterocycles. The molecule has 0 spiro atoms. The van der Waals surface area contributed by atoms with Gasteiger partial charge < -0.3 is 16.8 Å². The van der Waals surface area contributed by atoms with Crippen LogP contribution in [0.4, 0.5) is 5.69 Å². The summed E-state index contributed by atoms with van der Waals surface area (Å²) >= 11 is 7.39. The fraction of sp³-hybridized carbons (Fsp3) is 0.154. The van der Waals surface area contributed by atoms with Crippen LogP contribution in [-0.2, 0) is 0 Å². The second kappa shape index (κ2) is 6.06. The first-order valence-electron chi connectivity index (χ1n) is 5.70. The van der Waals surface area contributed by atoms with Gasteiger partial charge in [-0.25, -0.2) is 0 Å². The van der Waals surface area contributed by atoms with E-state index in [1.54, 1.807) is 29.5 Å². The zero-order valence-corrected chi connectivity index (χ0v) is 11.7. The van der Waals surface area contributed by atoms with Crippen molar-refractivity contribution in [1.29, 1.82) is 0 Å². The number of anilines is 1. The average molecular weight is 296 g/mol. The van der Waals surface area contributed by atoms with Crippen molar-refractivity contribution < 1.29 is 4.79 Å². The number of halogens is 1. The van der Waals surface area contributed by atoms with Crippen LogP contribution in [0, 0.1) is 0 Å². The van der Waals surface area contributed by atoms with Crippen molar-refractivity contribution in [3.05, 3.63) is 51.2 Å². The molecule has 0 aliphatic rings. The molecule has 1 unspecified atom stereocenters. The van der Waals surface area contributed by atoms with Crippen molar-refractivity contribution in [2.24, 2.45) is 5.73 Å². The van der Waals surface area contributed by atoms with E-state index in [1.165, 1.54) is 0 Å². The number of carbonyl (C=O) groups is 1. The number of nitrogens with one attached hydrogen (secondary N) is 1. The van der Waals surface area contributed by atoms with Crippen LogP contribution in [0.15, 0.2) is 35.0 Å². The summed E-state index contributed by atoms with van der Waals surface area (Å²) in [6.45, 7) is 0.339.